The highest BCUT2D eigenvalue weighted by Gasteiger charge is 2.38. The number of hydrogen-bond acceptors (Lipinski definition) is 3. The van der Waals surface area contributed by atoms with E-state index in [1.54, 1.807) is 0 Å². The first-order valence-corrected chi connectivity index (χ1v) is 11.1. The van der Waals surface area contributed by atoms with Crippen LogP contribution < -0.4 is 4.90 Å². The molecule has 0 saturated carbocycles. The Bertz CT molecular complexity index is 896. The van der Waals surface area contributed by atoms with Gasteiger partial charge < -0.3 is 19.3 Å². The molecular formula is C26H29N2O3+. The van der Waals surface area contributed by atoms with E-state index in [0.717, 1.165) is 26.2 Å². The van der Waals surface area contributed by atoms with Crippen molar-refractivity contribution in [3.8, 4) is 0 Å². The van der Waals surface area contributed by atoms with Gasteiger partial charge in [-0.1, -0.05) is 85.0 Å². The average molecular weight is 418 g/mol. The SMILES string of the molecule is O=C([C@H]1CO[C@@H]2C=CC=C[C@@H]2O1)N1CC[NH+](C(c2ccccc2)c2ccccc2)CC1. The topological polar surface area (TPSA) is 43.2 Å². The van der Waals surface area contributed by atoms with Crippen LogP contribution in [-0.2, 0) is 14.3 Å². The Morgan fingerprint density at radius 3 is 2.06 bits per heavy atom. The summed E-state index contributed by atoms with van der Waals surface area (Å²) < 4.78 is 11.9. The summed E-state index contributed by atoms with van der Waals surface area (Å²) in [5.41, 5.74) is 2.63. The maximum absolute atomic E-state index is 13.1. The van der Waals surface area contributed by atoms with Gasteiger partial charge in [-0.25, -0.2) is 0 Å². The Balaban J connectivity index is 1.25. The first kappa shape index (κ1) is 20.2. The maximum Gasteiger partial charge on any atom is 0.254 e. The molecule has 0 aromatic heterocycles. The molecule has 2 aromatic carbocycles. The van der Waals surface area contributed by atoms with Crippen LogP contribution in [0.3, 0.4) is 0 Å². The molecule has 1 amide bonds. The van der Waals surface area contributed by atoms with Gasteiger partial charge in [0, 0.05) is 11.1 Å². The molecule has 1 N–H and O–H groups in total. The largest absolute Gasteiger partial charge is 0.368 e. The summed E-state index contributed by atoms with van der Waals surface area (Å²) in [4.78, 5) is 16.6. The van der Waals surface area contributed by atoms with E-state index >= 15 is 0 Å². The number of ether oxygens (including phenoxy) is 2. The monoisotopic (exact) mass is 417 g/mol. The molecule has 5 rings (SSSR count). The Morgan fingerprint density at radius 1 is 0.871 bits per heavy atom. The number of carbonyl (C=O) groups excluding carboxylic acids is 1. The molecule has 160 valence electrons. The predicted octanol–water partition coefficient (Wildman–Crippen LogP) is 1.78. The van der Waals surface area contributed by atoms with Crippen molar-refractivity contribution in [2.45, 2.75) is 24.4 Å². The zero-order valence-corrected chi connectivity index (χ0v) is 17.6. The molecule has 1 aliphatic carbocycles. The summed E-state index contributed by atoms with van der Waals surface area (Å²) in [6.45, 7) is 3.59. The number of hydrogen-bond donors (Lipinski definition) is 1. The molecule has 2 aromatic rings. The van der Waals surface area contributed by atoms with Gasteiger partial charge in [0.1, 0.15) is 18.2 Å². The van der Waals surface area contributed by atoms with Gasteiger partial charge in [0.25, 0.3) is 5.91 Å². The standard InChI is InChI=1S/C26H28N2O3/c29-26(24-19-30-22-13-7-8-14-23(22)31-24)28-17-15-27(16-18-28)25(20-9-3-1-4-10-20)21-11-5-2-6-12-21/h1-14,22-25H,15-19H2/p+1/t22-,23+,24-/m1/s1. The summed E-state index contributed by atoms with van der Waals surface area (Å²) in [6.07, 6.45) is 7.11. The third kappa shape index (κ3) is 4.35. The molecule has 5 nitrogen and oxygen atoms in total. The van der Waals surface area contributed by atoms with Crippen LogP contribution in [-0.4, -0.2) is 61.9 Å². The van der Waals surface area contributed by atoms with E-state index in [4.69, 9.17) is 9.47 Å². The number of quaternary nitrogens is 1. The van der Waals surface area contributed by atoms with Crippen LogP contribution in [0, 0.1) is 0 Å². The Labute approximate surface area is 183 Å². The lowest BCUT2D eigenvalue weighted by Crippen LogP contribution is -3.15. The second-order valence-electron chi connectivity index (χ2n) is 8.40. The highest BCUT2D eigenvalue weighted by molar-refractivity contribution is 5.81. The van der Waals surface area contributed by atoms with Gasteiger partial charge in [-0.2, -0.15) is 0 Å². The lowest BCUT2D eigenvalue weighted by Gasteiger charge is -2.40. The summed E-state index contributed by atoms with van der Waals surface area (Å²) in [7, 11) is 0. The van der Waals surface area contributed by atoms with Gasteiger partial charge in [0.15, 0.2) is 6.10 Å². The normalized spacial score (nSPS) is 26.1. The first-order valence-electron chi connectivity index (χ1n) is 11.1. The van der Waals surface area contributed by atoms with Crippen molar-refractivity contribution in [2.75, 3.05) is 32.8 Å². The van der Waals surface area contributed by atoms with Crippen LogP contribution in [0.1, 0.15) is 17.2 Å². The Kier molecular flexibility index (Phi) is 5.98. The molecule has 0 bridgehead atoms. The zero-order chi connectivity index (χ0) is 21.0. The van der Waals surface area contributed by atoms with Crippen LogP contribution in [0.5, 0.6) is 0 Å². The van der Waals surface area contributed by atoms with Crippen molar-refractivity contribution in [1.82, 2.24) is 4.90 Å². The van der Waals surface area contributed by atoms with Gasteiger partial charge in [-0.15, -0.1) is 0 Å². The van der Waals surface area contributed by atoms with Crippen molar-refractivity contribution >= 4 is 5.91 Å². The molecular weight excluding hydrogens is 388 g/mol. The third-order valence-corrected chi connectivity index (χ3v) is 6.46. The van der Waals surface area contributed by atoms with Crippen LogP contribution >= 0.6 is 0 Å². The van der Waals surface area contributed by atoms with Crippen molar-refractivity contribution in [2.24, 2.45) is 0 Å². The van der Waals surface area contributed by atoms with Crippen LogP contribution in [0.2, 0.25) is 0 Å². The van der Waals surface area contributed by atoms with E-state index in [1.807, 2.05) is 29.2 Å². The molecule has 5 heteroatoms. The minimum absolute atomic E-state index is 0.0522. The molecule has 31 heavy (non-hydrogen) atoms. The molecule has 0 spiro atoms. The number of carbonyl (C=O) groups is 1. The molecule has 2 heterocycles. The van der Waals surface area contributed by atoms with Crippen molar-refractivity contribution in [3.63, 3.8) is 0 Å². The predicted molar refractivity (Wildman–Crippen MR) is 119 cm³/mol. The molecule has 3 aliphatic rings. The second kappa shape index (κ2) is 9.18. The Morgan fingerprint density at radius 2 is 1.45 bits per heavy atom. The minimum atomic E-state index is -0.516. The Hall–Kier alpha value is -2.73. The lowest BCUT2D eigenvalue weighted by molar-refractivity contribution is -0.929. The summed E-state index contributed by atoms with van der Waals surface area (Å²) >= 11 is 0. The average Bonchev–Trinajstić information content (AvgIpc) is 2.85. The van der Waals surface area contributed by atoms with Gasteiger partial charge in [-0.3, -0.25) is 4.79 Å². The molecule has 0 unspecified atom stereocenters. The van der Waals surface area contributed by atoms with E-state index in [1.165, 1.54) is 16.0 Å². The third-order valence-electron chi connectivity index (χ3n) is 6.46. The van der Waals surface area contributed by atoms with Crippen LogP contribution in [0.15, 0.2) is 85.0 Å². The highest BCUT2D eigenvalue weighted by atomic mass is 16.6. The number of piperazine rings is 1. The molecule has 2 saturated heterocycles. The fourth-order valence-corrected chi connectivity index (χ4v) is 4.86. The second-order valence-corrected chi connectivity index (χ2v) is 8.40. The summed E-state index contributed by atoms with van der Waals surface area (Å²) in [6, 6.07) is 21.6. The van der Waals surface area contributed by atoms with Crippen molar-refractivity contribution in [3.05, 3.63) is 96.1 Å². The van der Waals surface area contributed by atoms with Gasteiger partial charge >= 0.3 is 0 Å². The molecule has 2 fully saturated rings. The highest BCUT2D eigenvalue weighted by Crippen LogP contribution is 2.22. The van der Waals surface area contributed by atoms with E-state index in [9.17, 15) is 4.79 Å². The van der Waals surface area contributed by atoms with Crippen LogP contribution in [0.4, 0.5) is 0 Å². The van der Waals surface area contributed by atoms with Crippen LogP contribution in [0.25, 0.3) is 0 Å². The first-order chi connectivity index (χ1) is 15.3. The zero-order valence-electron chi connectivity index (χ0n) is 17.6. The van der Waals surface area contributed by atoms with Crippen molar-refractivity contribution in [1.29, 1.82) is 0 Å². The number of nitrogens with zero attached hydrogens (tertiary/aromatic N) is 1. The molecule has 0 radical (unpaired) electrons. The summed E-state index contributed by atoms with van der Waals surface area (Å²) in [5.74, 6) is 0.0522. The number of rotatable bonds is 4. The van der Waals surface area contributed by atoms with Gasteiger partial charge in [-0.05, 0) is 0 Å². The number of fused-ring (bicyclic) bond motifs is 1. The number of nitrogens with one attached hydrogen (secondary N) is 1. The number of benzene rings is 2. The van der Waals surface area contributed by atoms with Gasteiger partial charge in [0.2, 0.25) is 0 Å². The van der Waals surface area contributed by atoms with E-state index in [2.05, 4.69) is 60.7 Å². The van der Waals surface area contributed by atoms with Gasteiger partial charge in [0.05, 0.1) is 32.8 Å². The summed E-state index contributed by atoms with van der Waals surface area (Å²) in [5, 5.41) is 0. The van der Waals surface area contributed by atoms with E-state index < -0.39 is 6.10 Å². The lowest BCUT2D eigenvalue weighted by atomic mass is 9.96. The maximum atomic E-state index is 13.1. The minimum Gasteiger partial charge on any atom is -0.368 e. The van der Waals surface area contributed by atoms with E-state index in [0.29, 0.717) is 6.61 Å². The fourth-order valence-electron chi connectivity index (χ4n) is 4.86. The fraction of sp³-hybridized carbons (Fsp3) is 0.346. The quantitative estimate of drug-likeness (QED) is 0.825. The van der Waals surface area contributed by atoms with E-state index in [-0.39, 0.29) is 24.2 Å². The smallest absolute Gasteiger partial charge is 0.254 e. The van der Waals surface area contributed by atoms with Crippen molar-refractivity contribution < 1.29 is 19.2 Å². The molecule has 3 atom stereocenters. The molecule has 2 aliphatic heterocycles. The number of amides is 1. The number of allylic oxidation sites excluding steroid dienone is 2.